The smallest absolute Gasteiger partial charge is 0.383 e. The Labute approximate surface area is 93.6 Å². The Morgan fingerprint density at radius 1 is 1.53 bits per heavy atom. The fourth-order valence-corrected chi connectivity index (χ4v) is 1.11. The van der Waals surface area contributed by atoms with E-state index in [9.17, 15) is 22.4 Å². The van der Waals surface area contributed by atoms with Crippen molar-refractivity contribution in [3.8, 4) is 0 Å². The molecule has 1 rings (SSSR count). The minimum Gasteiger partial charge on any atom is -0.394 e. The third-order valence-corrected chi connectivity index (χ3v) is 2.08. The lowest BCUT2D eigenvalue weighted by Crippen LogP contribution is -2.41. The molecule has 3 N–H and O–H groups in total. The highest BCUT2D eigenvalue weighted by Crippen LogP contribution is 2.27. The number of nitrogen functional groups attached to an aromatic ring is 1. The molecule has 0 radical (unpaired) electrons. The van der Waals surface area contributed by atoms with Crippen molar-refractivity contribution >= 4 is 17.4 Å². The van der Waals surface area contributed by atoms with E-state index in [-0.39, 0.29) is 11.5 Å². The summed E-state index contributed by atoms with van der Waals surface area (Å²) in [6, 6.07) is 0. The Morgan fingerprint density at radius 3 is 2.41 bits per heavy atom. The van der Waals surface area contributed by atoms with Crippen molar-refractivity contribution in [1.29, 1.82) is 0 Å². The van der Waals surface area contributed by atoms with Gasteiger partial charge in [-0.2, -0.15) is 13.9 Å². The van der Waals surface area contributed by atoms with Crippen LogP contribution in [0.4, 0.5) is 29.1 Å². The van der Waals surface area contributed by atoms with Crippen molar-refractivity contribution < 1.29 is 22.4 Å². The number of carbonyl (C=O) groups is 1. The summed E-state index contributed by atoms with van der Waals surface area (Å²) >= 11 is 0. The van der Waals surface area contributed by atoms with E-state index in [1.165, 1.54) is 14.0 Å². The fourth-order valence-electron chi connectivity index (χ4n) is 1.11. The van der Waals surface area contributed by atoms with Crippen LogP contribution in [0.3, 0.4) is 0 Å². The molecule has 96 valence electrons. The average molecular weight is 254 g/mol. The summed E-state index contributed by atoms with van der Waals surface area (Å²) in [5, 5.41) is 5.36. The lowest BCUT2D eigenvalue weighted by molar-refractivity contribution is -0.163. The van der Waals surface area contributed by atoms with E-state index in [0.717, 1.165) is 4.68 Å². The van der Waals surface area contributed by atoms with Gasteiger partial charge in [0, 0.05) is 7.05 Å². The normalized spacial score (nSPS) is 11.9. The quantitative estimate of drug-likeness (QED) is 0.795. The van der Waals surface area contributed by atoms with E-state index >= 15 is 0 Å². The van der Waals surface area contributed by atoms with E-state index < -0.39 is 18.3 Å². The SMILES string of the molecule is Cc1nn(C)c(NC(=O)C(F)(F)C(F)F)c1N. The van der Waals surface area contributed by atoms with Crippen LogP contribution < -0.4 is 11.1 Å². The first-order valence-corrected chi connectivity index (χ1v) is 4.44. The number of amides is 1. The Morgan fingerprint density at radius 2 is 2.06 bits per heavy atom. The number of aromatic nitrogens is 2. The number of rotatable bonds is 3. The average Bonchev–Trinajstić information content (AvgIpc) is 2.44. The molecule has 0 saturated heterocycles. The number of nitrogens with two attached hydrogens (primary N) is 1. The molecule has 1 heterocycles. The van der Waals surface area contributed by atoms with Crippen LogP contribution in [0.5, 0.6) is 0 Å². The van der Waals surface area contributed by atoms with Crippen molar-refractivity contribution in [3.05, 3.63) is 5.69 Å². The van der Waals surface area contributed by atoms with Crippen LogP contribution in [-0.2, 0) is 11.8 Å². The highest BCUT2D eigenvalue weighted by Gasteiger charge is 2.49. The van der Waals surface area contributed by atoms with Crippen molar-refractivity contribution in [2.45, 2.75) is 19.3 Å². The maximum absolute atomic E-state index is 12.7. The lowest BCUT2D eigenvalue weighted by Gasteiger charge is -2.15. The number of aryl methyl sites for hydroxylation is 2. The van der Waals surface area contributed by atoms with Gasteiger partial charge >= 0.3 is 18.3 Å². The lowest BCUT2D eigenvalue weighted by atomic mass is 10.3. The molecular weight excluding hydrogens is 244 g/mol. The molecule has 0 spiro atoms. The van der Waals surface area contributed by atoms with Crippen LogP contribution >= 0.6 is 0 Å². The number of nitrogens with zero attached hydrogens (tertiary/aromatic N) is 2. The number of halogens is 4. The molecule has 1 aromatic heterocycles. The predicted octanol–water partition coefficient (Wildman–Crippen LogP) is 1.15. The molecule has 0 atom stereocenters. The molecule has 0 bridgehead atoms. The minimum absolute atomic E-state index is 0.0501. The largest absolute Gasteiger partial charge is 0.394 e. The molecule has 0 fully saturated rings. The standard InChI is InChI=1S/C8H10F4N4O/c1-3-4(13)5(16(2)15-3)14-7(17)8(11,12)6(9)10/h6H,13H2,1-2H3,(H,14,17). The van der Waals surface area contributed by atoms with Gasteiger partial charge in [-0.1, -0.05) is 0 Å². The van der Waals surface area contributed by atoms with Gasteiger partial charge in [-0.25, -0.2) is 8.78 Å². The van der Waals surface area contributed by atoms with Gasteiger partial charge in [-0.15, -0.1) is 0 Å². The maximum atomic E-state index is 12.7. The zero-order valence-corrected chi connectivity index (χ0v) is 8.97. The first-order valence-electron chi connectivity index (χ1n) is 4.44. The topological polar surface area (TPSA) is 72.9 Å². The summed E-state index contributed by atoms with van der Waals surface area (Å²) in [6.45, 7) is 1.48. The summed E-state index contributed by atoms with van der Waals surface area (Å²) in [6.07, 6.45) is -4.09. The molecule has 0 saturated carbocycles. The highest BCUT2D eigenvalue weighted by atomic mass is 19.3. The number of hydrogen-bond acceptors (Lipinski definition) is 3. The summed E-state index contributed by atoms with van der Waals surface area (Å²) in [5.41, 5.74) is 5.69. The van der Waals surface area contributed by atoms with Gasteiger partial charge in [0.15, 0.2) is 5.82 Å². The van der Waals surface area contributed by atoms with E-state index in [2.05, 4.69) is 5.10 Å². The Bertz CT molecular complexity index is 443. The van der Waals surface area contributed by atoms with Crippen LogP contribution in [0.1, 0.15) is 5.69 Å². The van der Waals surface area contributed by atoms with Crippen LogP contribution in [0, 0.1) is 6.92 Å². The summed E-state index contributed by atoms with van der Waals surface area (Å²) in [7, 11) is 1.33. The first kappa shape index (κ1) is 13.3. The van der Waals surface area contributed by atoms with E-state index in [4.69, 9.17) is 5.73 Å². The maximum Gasteiger partial charge on any atom is 0.383 e. The summed E-state index contributed by atoms with van der Waals surface area (Å²) < 4.78 is 50.2. The highest BCUT2D eigenvalue weighted by molar-refractivity contribution is 5.98. The van der Waals surface area contributed by atoms with Crippen molar-refractivity contribution in [2.24, 2.45) is 7.05 Å². The van der Waals surface area contributed by atoms with Gasteiger partial charge in [-0.05, 0) is 6.92 Å². The second-order valence-electron chi connectivity index (χ2n) is 3.35. The Kier molecular flexibility index (Phi) is 3.30. The molecular formula is C8H10F4N4O. The molecule has 0 aromatic carbocycles. The molecule has 0 aliphatic carbocycles. The zero-order valence-electron chi connectivity index (χ0n) is 8.97. The molecule has 0 aliphatic heterocycles. The minimum atomic E-state index is -4.77. The van der Waals surface area contributed by atoms with Crippen molar-refractivity contribution in [3.63, 3.8) is 0 Å². The molecule has 1 amide bonds. The second kappa shape index (κ2) is 4.22. The van der Waals surface area contributed by atoms with Crippen LogP contribution in [0.25, 0.3) is 0 Å². The number of hydrogen-bond donors (Lipinski definition) is 2. The number of anilines is 2. The first-order chi connectivity index (χ1) is 7.67. The Balaban J connectivity index is 2.96. The molecule has 1 aromatic rings. The number of nitrogens with one attached hydrogen (secondary N) is 1. The third-order valence-electron chi connectivity index (χ3n) is 2.08. The van der Waals surface area contributed by atoms with Gasteiger partial charge in [0.25, 0.3) is 0 Å². The van der Waals surface area contributed by atoms with Crippen LogP contribution in [-0.4, -0.2) is 28.0 Å². The molecule has 0 aliphatic rings. The zero-order chi connectivity index (χ0) is 13.4. The van der Waals surface area contributed by atoms with Gasteiger partial charge in [0.2, 0.25) is 0 Å². The second-order valence-corrected chi connectivity index (χ2v) is 3.35. The van der Waals surface area contributed by atoms with Gasteiger partial charge in [0.05, 0.1) is 11.4 Å². The van der Waals surface area contributed by atoms with E-state index in [0.29, 0.717) is 5.69 Å². The van der Waals surface area contributed by atoms with Gasteiger partial charge in [0.1, 0.15) is 0 Å². The monoisotopic (exact) mass is 254 g/mol. The third kappa shape index (κ3) is 2.32. The molecule has 5 nitrogen and oxygen atoms in total. The van der Waals surface area contributed by atoms with Crippen molar-refractivity contribution in [2.75, 3.05) is 11.1 Å². The van der Waals surface area contributed by atoms with Gasteiger partial charge < -0.3 is 11.1 Å². The van der Waals surface area contributed by atoms with Crippen LogP contribution in [0.2, 0.25) is 0 Å². The van der Waals surface area contributed by atoms with Crippen LogP contribution in [0.15, 0.2) is 0 Å². The summed E-state index contributed by atoms with van der Waals surface area (Å²) in [4.78, 5) is 11.0. The number of alkyl halides is 4. The number of carbonyl (C=O) groups excluding carboxylic acids is 1. The summed E-state index contributed by atoms with van der Waals surface area (Å²) in [5.74, 6) is -7.14. The molecule has 9 heteroatoms. The van der Waals surface area contributed by atoms with Crippen molar-refractivity contribution in [1.82, 2.24) is 9.78 Å². The Hall–Kier alpha value is -1.80. The molecule has 17 heavy (non-hydrogen) atoms. The van der Waals surface area contributed by atoms with E-state index in [1.54, 1.807) is 5.32 Å². The fraction of sp³-hybridized carbons (Fsp3) is 0.500. The molecule has 0 unspecified atom stereocenters. The van der Waals surface area contributed by atoms with Gasteiger partial charge in [-0.3, -0.25) is 9.48 Å². The predicted molar refractivity (Wildman–Crippen MR) is 51.9 cm³/mol. The van der Waals surface area contributed by atoms with E-state index in [1.807, 2.05) is 0 Å².